The van der Waals surface area contributed by atoms with Crippen molar-refractivity contribution in [3.8, 4) is 0 Å². The van der Waals surface area contributed by atoms with Crippen molar-refractivity contribution in [2.75, 3.05) is 6.61 Å². The molecule has 2 N–H and O–H groups in total. The first-order chi connectivity index (χ1) is 25.1. The molecule has 0 aliphatic carbocycles. The summed E-state index contributed by atoms with van der Waals surface area (Å²) in [5.74, 6) is -1.81. The number of rotatable bonds is 15. The first kappa shape index (κ1) is 39.0. The largest absolute Gasteiger partial charge is 0.463 e. The molecule has 0 aromatic heterocycles. The summed E-state index contributed by atoms with van der Waals surface area (Å²) in [4.78, 5) is 36.6. The smallest absolute Gasteiger partial charge is 0.303 e. The minimum atomic E-state index is -1.64. The van der Waals surface area contributed by atoms with Crippen LogP contribution in [0.2, 0.25) is 0 Å². The zero-order valence-corrected chi connectivity index (χ0v) is 29.7. The molecule has 13 heteroatoms. The van der Waals surface area contributed by atoms with E-state index in [4.69, 9.17) is 37.9 Å². The molecule has 280 valence electrons. The Morgan fingerprint density at radius 1 is 0.654 bits per heavy atom. The number of hydrogen-bond acceptors (Lipinski definition) is 12. The van der Waals surface area contributed by atoms with Gasteiger partial charge in [0.25, 0.3) is 0 Å². The minimum Gasteiger partial charge on any atom is -0.463 e. The van der Waals surface area contributed by atoms with Gasteiger partial charge in [0.2, 0.25) is 5.91 Å². The highest BCUT2D eigenvalue weighted by molar-refractivity contribution is 5.73. The van der Waals surface area contributed by atoms with E-state index < -0.39 is 79.2 Å². The second-order valence-electron chi connectivity index (χ2n) is 12.8. The van der Waals surface area contributed by atoms with E-state index in [1.54, 1.807) is 0 Å². The predicted octanol–water partition coefficient (Wildman–Crippen LogP) is 3.59. The molecule has 2 heterocycles. The lowest BCUT2D eigenvalue weighted by Gasteiger charge is -2.49. The van der Waals surface area contributed by atoms with Crippen LogP contribution in [0, 0.1) is 0 Å². The fraction of sp³-hybridized carbons (Fsp3) is 0.462. The Morgan fingerprint density at radius 3 is 1.63 bits per heavy atom. The zero-order chi connectivity index (χ0) is 37.0. The molecule has 2 aliphatic heterocycles. The van der Waals surface area contributed by atoms with E-state index in [1.807, 2.05) is 97.9 Å². The Bertz CT molecular complexity index is 1560. The highest BCUT2D eigenvalue weighted by Gasteiger charge is 2.54. The van der Waals surface area contributed by atoms with Crippen LogP contribution in [-0.2, 0) is 72.1 Å². The average molecular weight is 722 g/mol. The third kappa shape index (κ3) is 10.9. The number of aliphatic hydroxyl groups excluding tert-OH is 1. The second-order valence-corrected chi connectivity index (χ2v) is 12.8. The van der Waals surface area contributed by atoms with E-state index in [0.29, 0.717) is 0 Å². The van der Waals surface area contributed by atoms with Crippen molar-refractivity contribution in [2.24, 2.45) is 0 Å². The summed E-state index contributed by atoms with van der Waals surface area (Å²) < 4.78 is 49.6. The Kier molecular flexibility index (Phi) is 14.3. The van der Waals surface area contributed by atoms with Crippen LogP contribution in [-0.4, -0.2) is 90.9 Å². The van der Waals surface area contributed by atoms with Gasteiger partial charge in [-0.15, -0.1) is 0 Å². The van der Waals surface area contributed by atoms with Gasteiger partial charge in [-0.25, -0.2) is 0 Å². The maximum atomic E-state index is 12.4. The van der Waals surface area contributed by atoms with E-state index >= 15 is 0 Å². The van der Waals surface area contributed by atoms with Crippen molar-refractivity contribution in [3.05, 3.63) is 108 Å². The van der Waals surface area contributed by atoms with Crippen LogP contribution < -0.4 is 5.32 Å². The molecule has 10 atom stereocenters. The third-order valence-electron chi connectivity index (χ3n) is 8.66. The molecule has 2 saturated heterocycles. The number of carbonyl (C=O) groups is 3. The summed E-state index contributed by atoms with van der Waals surface area (Å²) in [6.07, 6.45) is -9.54. The Hall–Kier alpha value is -4.21. The molecule has 2 aliphatic rings. The fourth-order valence-corrected chi connectivity index (χ4v) is 6.27. The van der Waals surface area contributed by atoms with Crippen LogP contribution in [0.1, 0.15) is 44.4 Å². The number of benzene rings is 3. The van der Waals surface area contributed by atoms with Crippen LogP contribution in [0.4, 0.5) is 0 Å². The molecule has 0 saturated carbocycles. The zero-order valence-electron chi connectivity index (χ0n) is 29.7. The summed E-state index contributed by atoms with van der Waals surface area (Å²) in [5, 5.41) is 13.8. The lowest BCUT2D eigenvalue weighted by Crippen LogP contribution is -2.68. The monoisotopic (exact) mass is 721 g/mol. The first-order valence-corrected chi connectivity index (χ1v) is 17.3. The van der Waals surface area contributed by atoms with E-state index in [2.05, 4.69) is 5.32 Å². The molecule has 0 bridgehead atoms. The lowest BCUT2D eigenvalue weighted by molar-refractivity contribution is -0.352. The van der Waals surface area contributed by atoms with Gasteiger partial charge < -0.3 is 48.3 Å². The van der Waals surface area contributed by atoms with Crippen LogP contribution in [0.25, 0.3) is 0 Å². The molecule has 52 heavy (non-hydrogen) atoms. The number of amides is 1. The molecular weight excluding hydrogens is 674 g/mol. The molecule has 0 spiro atoms. The molecule has 3 aromatic rings. The van der Waals surface area contributed by atoms with Gasteiger partial charge in [-0.05, 0) is 23.6 Å². The summed E-state index contributed by atoms with van der Waals surface area (Å²) in [6.45, 7) is 5.77. The van der Waals surface area contributed by atoms with E-state index in [0.717, 1.165) is 16.7 Å². The molecule has 3 aromatic carbocycles. The van der Waals surface area contributed by atoms with E-state index in [1.165, 1.54) is 20.8 Å². The molecule has 0 radical (unpaired) electrons. The van der Waals surface area contributed by atoms with Crippen LogP contribution in [0.3, 0.4) is 0 Å². The summed E-state index contributed by atoms with van der Waals surface area (Å²) >= 11 is 0. The number of nitrogens with one attached hydrogen (secondary N) is 1. The summed E-state index contributed by atoms with van der Waals surface area (Å²) in [6, 6.07) is 27.7. The number of hydrogen-bond donors (Lipinski definition) is 2. The molecule has 1 amide bonds. The third-order valence-corrected chi connectivity index (χ3v) is 8.66. The lowest BCUT2D eigenvalue weighted by atomic mass is 9.95. The Balaban J connectivity index is 1.52. The van der Waals surface area contributed by atoms with Crippen LogP contribution >= 0.6 is 0 Å². The maximum Gasteiger partial charge on any atom is 0.303 e. The van der Waals surface area contributed by atoms with Gasteiger partial charge in [0.15, 0.2) is 18.7 Å². The van der Waals surface area contributed by atoms with Gasteiger partial charge in [0.1, 0.15) is 43.2 Å². The van der Waals surface area contributed by atoms with Crippen molar-refractivity contribution in [2.45, 2.75) is 109 Å². The Morgan fingerprint density at radius 2 is 1.15 bits per heavy atom. The van der Waals surface area contributed by atoms with Gasteiger partial charge in [0.05, 0.1) is 25.9 Å². The summed E-state index contributed by atoms with van der Waals surface area (Å²) in [5.41, 5.74) is 2.75. The van der Waals surface area contributed by atoms with Crippen LogP contribution in [0.5, 0.6) is 0 Å². The van der Waals surface area contributed by atoms with E-state index in [-0.39, 0.29) is 26.4 Å². The van der Waals surface area contributed by atoms with Gasteiger partial charge in [0, 0.05) is 20.8 Å². The molecular formula is C39H47NO12. The second kappa shape index (κ2) is 19.0. The maximum absolute atomic E-state index is 12.4. The molecule has 5 rings (SSSR count). The topological polar surface area (TPSA) is 157 Å². The highest BCUT2D eigenvalue weighted by atomic mass is 16.7. The number of carbonyl (C=O) groups excluding carboxylic acids is 3. The van der Waals surface area contributed by atoms with Crippen molar-refractivity contribution in [1.29, 1.82) is 0 Å². The normalized spacial score (nSPS) is 28.8. The van der Waals surface area contributed by atoms with Gasteiger partial charge in [-0.3, -0.25) is 14.4 Å². The van der Waals surface area contributed by atoms with Crippen molar-refractivity contribution in [1.82, 2.24) is 5.32 Å². The van der Waals surface area contributed by atoms with Gasteiger partial charge in [-0.1, -0.05) is 91.0 Å². The van der Waals surface area contributed by atoms with Gasteiger partial charge >= 0.3 is 11.9 Å². The summed E-state index contributed by atoms with van der Waals surface area (Å²) in [7, 11) is 0. The Labute approximate surface area is 303 Å². The predicted molar refractivity (Wildman–Crippen MR) is 185 cm³/mol. The van der Waals surface area contributed by atoms with Crippen molar-refractivity contribution in [3.63, 3.8) is 0 Å². The molecule has 13 nitrogen and oxygen atoms in total. The molecule has 1 unspecified atom stereocenters. The van der Waals surface area contributed by atoms with Crippen LogP contribution in [0.15, 0.2) is 91.0 Å². The number of ether oxygens (including phenoxy) is 8. The standard InChI is InChI=1S/C39H47NO12/c1-24-33(46-20-28-14-8-5-9-15-28)36(47-21-29-16-10-6-11-17-29)37(48-22-30-18-12-7-13-19-30)39(49-24)52-35-32(40-25(2)41)38(44)51-31(23-45-26(3)42)34(35)50-27(4)43/h5-19,24,31-39,44H,20-23H2,1-4H3,(H,40,41)/t24-,31+,32+,33-,34+,35-,36+,37+,38?,39-/m0/s1. The quantitative estimate of drug-likeness (QED) is 0.220. The number of aliphatic hydroxyl groups is 1. The number of esters is 2. The first-order valence-electron chi connectivity index (χ1n) is 17.3. The SMILES string of the molecule is CC(=O)N[C@H]1C(O)O[C@H](COC(C)=O)[C@@H](OC(C)=O)[C@H]1O[C@@H]1O[C@@H](C)[C@H](OCc2ccccc2)[C@@H](OCc2ccccc2)[C@H]1OCc1ccccc1. The highest BCUT2D eigenvalue weighted by Crippen LogP contribution is 2.34. The average Bonchev–Trinajstić information content (AvgIpc) is 3.12. The van der Waals surface area contributed by atoms with Crippen molar-refractivity contribution >= 4 is 17.8 Å². The van der Waals surface area contributed by atoms with Gasteiger partial charge in [-0.2, -0.15) is 0 Å². The fourth-order valence-electron chi connectivity index (χ4n) is 6.27. The molecule has 2 fully saturated rings. The minimum absolute atomic E-state index is 0.147. The van der Waals surface area contributed by atoms with E-state index in [9.17, 15) is 19.5 Å². The van der Waals surface area contributed by atoms with Crippen molar-refractivity contribution < 1.29 is 57.4 Å².